The Kier molecular flexibility index (Phi) is 7.69. The summed E-state index contributed by atoms with van der Waals surface area (Å²) in [5.41, 5.74) is 0.959. The monoisotopic (exact) mass is 281 g/mol. The molecule has 0 aliphatic rings. The number of carbonyl (C=O) groups is 1. The van der Waals surface area contributed by atoms with Crippen molar-refractivity contribution in [2.45, 2.75) is 26.5 Å². The van der Waals surface area contributed by atoms with Gasteiger partial charge < -0.3 is 19.5 Å². The van der Waals surface area contributed by atoms with Crippen molar-refractivity contribution in [1.82, 2.24) is 4.90 Å². The number of carbonyl (C=O) groups excluding carboxylic acids is 1. The second-order valence-corrected chi connectivity index (χ2v) is 4.66. The van der Waals surface area contributed by atoms with Crippen LogP contribution >= 0.6 is 0 Å². The second-order valence-electron chi connectivity index (χ2n) is 4.66. The predicted molar refractivity (Wildman–Crippen MR) is 76.4 cm³/mol. The third-order valence-corrected chi connectivity index (χ3v) is 2.78. The standard InChI is InChI=1S/C15H23NO4/c1-13(2)16(8-10-19-11-9-17)15(18)20-12-14-6-4-3-5-7-14/h3-7,13,17H,8-12H2,1-2H3. The van der Waals surface area contributed by atoms with Gasteiger partial charge in [-0.1, -0.05) is 30.3 Å². The van der Waals surface area contributed by atoms with Crippen LogP contribution in [0.15, 0.2) is 30.3 Å². The van der Waals surface area contributed by atoms with Crippen LogP contribution in [-0.2, 0) is 16.1 Å². The van der Waals surface area contributed by atoms with Crippen molar-refractivity contribution in [2.24, 2.45) is 0 Å². The van der Waals surface area contributed by atoms with Gasteiger partial charge in [0.15, 0.2) is 0 Å². The molecule has 1 rings (SSSR count). The van der Waals surface area contributed by atoms with Gasteiger partial charge in [0.1, 0.15) is 6.61 Å². The summed E-state index contributed by atoms with van der Waals surface area (Å²) >= 11 is 0. The summed E-state index contributed by atoms with van der Waals surface area (Å²) in [6.45, 7) is 5.22. The Labute approximate surface area is 120 Å². The maximum Gasteiger partial charge on any atom is 0.410 e. The van der Waals surface area contributed by atoms with Gasteiger partial charge in [-0.05, 0) is 19.4 Å². The molecule has 20 heavy (non-hydrogen) atoms. The molecule has 1 N–H and O–H groups in total. The topological polar surface area (TPSA) is 59.0 Å². The Morgan fingerprint density at radius 3 is 2.55 bits per heavy atom. The quantitative estimate of drug-likeness (QED) is 0.741. The first-order chi connectivity index (χ1) is 9.65. The van der Waals surface area contributed by atoms with Gasteiger partial charge in [-0.15, -0.1) is 0 Å². The first-order valence-electron chi connectivity index (χ1n) is 6.81. The highest BCUT2D eigenvalue weighted by molar-refractivity contribution is 5.68. The van der Waals surface area contributed by atoms with Gasteiger partial charge in [0, 0.05) is 12.6 Å². The molecule has 1 aromatic carbocycles. The van der Waals surface area contributed by atoms with Crippen molar-refractivity contribution >= 4 is 6.09 Å². The van der Waals surface area contributed by atoms with E-state index in [2.05, 4.69) is 0 Å². The van der Waals surface area contributed by atoms with Gasteiger partial charge in [0.2, 0.25) is 0 Å². The molecule has 0 aromatic heterocycles. The average molecular weight is 281 g/mol. The fourth-order valence-corrected chi connectivity index (χ4v) is 1.69. The summed E-state index contributed by atoms with van der Waals surface area (Å²) in [7, 11) is 0. The van der Waals surface area contributed by atoms with E-state index < -0.39 is 0 Å². The van der Waals surface area contributed by atoms with Gasteiger partial charge in [-0.3, -0.25) is 0 Å². The highest BCUT2D eigenvalue weighted by Crippen LogP contribution is 2.06. The van der Waals surface area contributed by atoms with Crippen LogP contribution in [0.1, 0.15) is 19.4 Å². The van der Waals surface area contributed by atoms with Crippen LogP contribution in [0.3, 0.4) is 0 Å². The number of rotatable bonds is 8. The van der Waals surface area contributed by atoms with E-state index in [0.29, 0.717) is 13.2 Å². The minimum Gasteiger partial charge on any atom is -0.445 e. The maximum absolute atomic E-state index is 12.0. The van der Waals surface area contributed by atoms with Gasteiger partial charge in [0.25, 0.3) is 0 Å². The average Bonchev–Trinajstić information content (AvgIpc) is 2.45. The minimum absolute atomic E-state index is 0.0138. The van der Waals surface area contributed by atoms with E-state index in [1.807, 2.05) is 44.2 Å². The minimum atomic E-state index is -0.351. The Bertz CT molecular complexity index is 381. The van der Waals surface area contributed by atoms with Crippen LogP contribution in [-0.4, -0.2) is 48.5 Å². The van der Waals surface area contributed by atoms with Crippen molar-refractivity contribution in [1.29, 1.82) is 0 Å². The molecule has 1 amide bonds. The van der Waals surface area contributed by atoms with Crippen LogP contribution in [0.25, 0.3) is 0 Å². The zero-order valence-corrected chi connectivity index (χ0v) is 12.1. The van der Waals surface area contributed by atoms with Gasteiger partial charge in [-0.25, -0.2) is 4.79 Å². The molecule has 112 valence electrons. The molecule has 0 saturated carbocycles. The number of hydrogen-bond acceptors (Lipinski definition) is 4. The van der Waals surface area contributed by atoms with E-state index in [9.17, 15) is 4.79 Å². The molecule has 1 aromatic rings. The van der Waals surface area contributed by atoms with Crippen molar-refractivity contribution < 1.29 is 19.4 Å². The molecule has 0 spiro atoms. The molecular weight excluding hydrogens is 258 g/mol. The molecule has 5 nitrogen and oxygen atoms in total. The zero-order chi connectivity index (χ0) is 14.8. The first-order valence-corrected chi connectivity index (χ1v) is 6.81. The molecule has 0 saturated heterocycles. The number of nitrogens with zero attached hydrogens (tertiary/aromatic N) is 1. The summed E-state index contributed by atoms with van der Waals surface area (Å²) in [4.78, 5) is 13.6. The summed E-state index contributed by atoms with van der Waals surface area (Å²) in [5, 5.41) is 8.63. The predicted octanol–water partition coefficient (Wildman–Crippen LogP) is 2.04. The number of hydrogen-bond donors (Lipinski definition) is 1. The Morgan fingerprint density at radius 2 is 1.95 bits per heavy atom. The van der Waals surface area contributed by atoms with E-state index >= 15 is 0 Å². The molecule has 0 atom stereocenters. The number of benzene rings is 1. The number of ether oxygens (including phenoxy) is 2. The van der Waals surface area contributed by atoms with E-state index in [-0.39, 0.29) is 32.0 Å². The highest BCUT2D eigenvalue weighted by atomic mass is 16.6. The summed E-state index contributed by atoms with van der Waals surface area (Å²) < 4.78 is 10.5. The highest BCUT2D eigenvalue weighted by Gasteiger charge is 2.18. The Hall–Kier alpha value is -1.59. The third-order valence-electron chi connectivity index (χ3n) is 2.78. The number of aliphatic hydroxyl groups excluding tert-OH is 1. The Morgan fingerprint density at radius 1 is 1.25 bits per heavy atom. The van der Waals surface area contributed by atoms with Crippen molar-refractivity contribution in [3.63, 3.8) is 0 Å². The van der Waals surface area contributed by atoms with E-state index in [1.165, 1.54) is 0 Å². The van der Waals surface area contributed by atoms with Crippen molar-refractivity contribution in [2.75, 3.05) is 26.4 Å². The molecule has 0 radical (unpaired) electrons. The van der Waals surface area contributed by atoms with Crippen LogP contribution < -0.4 is 0 Å². The van der Waals surface area contributed by atoms with Crippen LogP contribution in [0.5, 0.6) is 0 Å². The molecule has 0 aliphatic heterocycles. The maximum atomic E-state index is 12.0. The van der Waals surface area contributed by atoms with E-state index in [1.54, 1.807) is 4.90 Å². The van der Waals surface area contributed by atoms with E-state index in [0.717, 1.165) is 5.56 Å². The Balaban J connectivity index is 2.39. The van der Waals surface area contributed by atoms with Gasteiger partial charge in [-0.2, -0.15) is 0 Å². The summed E-state index contributed by atoms with van der Waals surface area (Å²) in [6, 6.07) is 9.60. The lowest BCUT2D eigenvalue weighted by Gasteiger charge is -2.25. The smallest absolute Gasteiger partial charge is 0.410 e. The fraction of sp³-hybridized carbons (Fsp3) is 0.533. The van der Waals surface area contributed by atoms with Crippen molar-refractivity contribution in [3.05, 3.63) is 35.9 Å². The van der Waals surface area contributed by atoms with Crippen LogP contribution in [0, 0.1) is 0 Å². The molecule has 5 heteroatoms. The molecule has 0 fully saturated rings. The number of amides is 1. The zero-order valence-electron chi connectivity index (χ0n) is 12.1. The molecule has 0 heterocycles. The third kappa shape index (κ3) is 6.04. The SMILES string of the molecule is CC(C)N(CCOCCO)C(=O)OCc1ccccc1. The summed E-state index contributed by atoms with van der Waals surface area (Å²) in [5.74, 6) is 0. The molecular formula is C15H23NO4. The van der Waals surface area contributed by atoms with E-state index in [4.69, 9.17) is 14.6 Å². The normalized spacial score (nSPS) is 10.6. The number of aliphatic hydroxyl groups is 1. The van der Waals surface area contributed by atoms with Gasteiger partial charge >= 0.3 is 6.09 Å². The first kappa shape index (κ1) is 16.5. The molecule has 0 aliphatic carbocycles. The second kappa shape index (κ2) is 9.34. The lowest BCUT2D eigenvalue weighted by Crippen LogP contribution is -2.39. The molecule has 0 unspecified atom stereocenters. The lowest BCUT2D eigenvalue weighted by molar-refractivity contribution is 0.0505. The molecule has 0 bridgehead atoms. The fourth-order valence-electron chi connectivity index (χ4n) is 1.69. The lowest BCUT2D eigenvalue weighted by atomic mass is 10.2. The van der Waals surface area contributed by atoms with Crippen LogP contribution in [0.4, 0.5) is 4.79 Å². The van der Waals surface area contributed by atoms with Gasteiger partial charge in [0.05, 0.1) is 19.8 Å². The largest absolute Gasteiger partial charge is 0.445 e. The van der Waals surface area contributed by atoms with Crippen molar-refractivity contribution in [3.8, 4) is 0 Å². The van der Waals surface area contributed by atoms with Crippen LogP contribution in [0.2, 0.25) is 0 Å². The summed E-state index contributed by atoms with van der Waals surface area (Å²) in [6.07, 6.45) is -0.351.